The number of aliphatic hydroxyl groups is 1. The molecule has 5 nitrogen and oxygen atoms in total. The maximum atomic E-state index is 10.6. The topological polar surface area (TPSA) is 89.4 Å². The van der Waals surface area contributed by atoms with Crippen LogP contribution in [0, 0.1) is 10.1 Å². The average Bonchev–Trinajstić information content (AvgIpc) is 2.40. The summed E-state index contributed by atoms with van der Waals surface area (Å²) < 4.78 is 0. The lowest BCUT2D eigenvalue weighted by Gasteiger charge is -2.17. The first-order valence-electron chi connectivity index (χ1n) is 5.30. The van der Waals surface area contributed by atoms with Crippen molar-refractivity contribution in [1.82, 2.24) is 0 Å². The number of non-ortho nitro benzene ring substituents is 1. The van der Waals surface area contributed by atoms with Gasteiger partial charge in [-0.25, -0.2) is 0 Å². The monoisotopic (exact) mass is 258 g/mol. The number of nitrogens with two attached hydrogens (primary N) is 1. The molecule has 2 unspecified atom stereocenters. The van der Waals surface area contributed by atoms with E-state index in [9.17, 15) is 15.2 Å². The molecule has 0 aromatic heterocycles. The molecule has 17 heavy (non-hydrogen) atoms. The van der Waals surface area contributed by atoms with Crippen molar-refractivity contribution in [3.63, 3.8) is 0 Å². The van der Waals surface area contributed by atoms with Gasteiger partial charge >= 0.3 is 0 Å². The standard InChI is InChI=1S/C11H14N2O3.ClH/c12-10-3-1-2-7-6-8(13(15)16)4-5-9(7)11(10)14;/h4-6,10-11,14H,1-3,12H2;1H. The molecule has 3 N–H and O–H groups in total. The maximum absolute atomic E-state index is 10.6. The molecule has 1 aliphatic carbocycles. The zero-order valence-corrected chi connectivity index (χ0v) is 10.0. The van der Waals surface area contributed by atoms with Gasteiger partial charge in [-0.05, 0) is 36.5 Å². The van der Waals surface area contributed by atoms with Crippen LogP contribution in [0.1, 0.15) is 30.1 Å². The Labute approximate surface area is 105 Å². The first-order chi connectivity index (χ1) is 7.59. The second kappa shape index (κ2) is 5.44. The summed E-state index contributed by atoms with van der Waals surface area (Å²) in [6.45, 7) is 0. The van der Waals surface area contributed by atoms with Crippen LogP contribution in [0.3, 0.4) is 0 Å². The van der Waals surface area contributed by atoms with Gasteiger partial charge in [-0.3, -0.25) is 10.1 Å². The lowest BCUT2D eigenvalue weighted by molar-refractivity contribution is -0.384. The molecule has 1 aliphatic rings. The van der Waals surface area contributed by atoms with Crippen molar-refractivity contribution < 1.29 is 10.0 Å². The van der Waals surface area contributed by atoms with E-state index >= 15 is 0 Å². The summed E-state index contributed by atoms with van der Waals surface area (Å²) in [5, 5.41) is 20.6. The molecule has 6 heteroatoms. The number of nitrogens with zero attached hydrogens (tertiary/aromatic N) is 1. The van der Waals surface area contributed by atoms with Crippen LogP contribution in [0.5, 0.6) is 0 Å². The molecule has 1 aromatic rings. The van der Waals surface area contributed by atoms with E-state index in [1.54, 1.807) is 6.07 Å². The van der Waals surface area contributed by atoms with Crippen LogP contribution < -0.4 is 5.73 Å². The molecular weight excluding hydrogens is 244 g/mol. The zero-order valence-electron chi connectivity index (χ0n) is 9.20. The number of aryl methyl sites for hydroxylation is 1. The van der Waals surface area contributed by atoms with E-state index in [2.05, 4.69) is 0 Å². The maximum Gasteiger partial charge on any atom is 0.269 e. The summed E-state index contributed by atoms with van der Waals surface area (Å²) in [5.41, 5.74) is 7.45. The summed E-state index contributed by atoms with van der Waals surface area (Å²) >= 11 is 0. The van der Waals surface area contributed by atoms with Crippen LogP contribution in [-0.2, 0) is 6.42 Å². The lowest BCUT2D eigenvalue weighted by atomic mass is 9.99. The number of rotatable bonds is 1. The van der Waals surface area contributed by atoms with Gasteiger partial charge in [0.15, 0.2) is 0 Å². The van der Waals surface area contributed by atoms with Crippen LogP contribution in [-0.4, -0.2) is 16.1 Å². The first kappa shape index (κ1) is 13.9. The fourth-order valence-electron chi connectivity index (χ4n) is 2.13. The Morgan fingerprint density at radius 3 is 2.82 bits per heavy atom. The third-order valence-corrected chi connectivity index (χ3v) is 3.05. The molecule has 2 rings (SSSR count). The molecule has 0 amide bonds. The minimum absolute atomic E-state index is 0. The van der Waals surface area contributed by atoms with Crippen LogP contribution in [0.15, 0.2) is 18.2 Å². The number of nitro benzene ring substituents is 1. The van der Waals surface area contributed by atoms with Gasteiger partial charge in [0, 0.05) is 18.2 Å². The first-order valence-corrected chi connectivity index (χ1v) is 5.30. The van der Waals surface area contributed by atoms with Gasteiger partial charge < -0.3 is 10.8 Å². The van der Waals surface area contributed by atoms with E-state index < -0.39 is 11.0 Å². The summed E-state index contributed by atoms with van der Waals surface area (Å²) in [7, 11) is 0. The Morgan fingerprint density at radius 1 is 1.47 bits per heavy atom. The van der Waals surface area contributed by atoms with Crippen LogP contribution in [0.25, 0.3) is 0 Å². The van der Waals surface area contributed by atoms with Crippen LogP contribution in [0.2, 0.25) is 0 Å². The Balaban J connectivity index is 0.00000144. The largest absolute Gasteiger partial charge is 0.387 e. The SMILES string of the molecule is Cl.NC1CCCc2cc([N+](=O)[O-])ccc2C1O. The minimum atomic E-state index is -0.710. The molecule has 0 saturated heterocycles. The van der Waals surface area contributed by atoms with E-state index in [0.717, 1.165) is 30.4 Å². The van der Waals surface area contributed by atoms with E-state index in [1.165, 1.54) is 12.1 Å². The number of fused-ring (bicyclic) bond motifs is 1. The number of halogens is 1. The predicted molar refractivity (Wildman–Crippen MR) is 66.2 cm³/mol. The van der Waals surface area contributed by atoms with Gasteiger partial charge in [-0.15, -0.1) is 12.4 Å². The Morgan fingerprint density at radius 2 is 2.18 bits per heavy atom. The zero-order chi connectivity index (χ0) is 11.7. The van der Waals surface area contributed by atoms with Gasteiger partial charge in [0.1, 0.15) is 0 Å². The number of aliphatic hydroxyl groups excluding tert-OH is 1. The summed E-state index contributed by atoms with van der Waals surface area (Å²) in [6, 6.07) is 4.29. The highest BCUT2D eigenvalue weighted by Gasteiger charge is 2.24. The van der Waals surface area contributed by atoms with Gasteiger partial charge in [0.05, 0.1) is 11.0 Å². The molecule has 0 aliphatic heterocycles. The third-order valence-electron chi connectivity index (χ3n) is 3.05. The molecule has 2 atom stereocenters. The van der Waals surface area contributed by atoms with Crippen molar-refractivity contribution in [2.75, 3.05) is 0 Å². The summed E-state index contributed by atoms with van der Waals surface area (Å²) in [5.74, 6) is 0. The second-order valence-corrected chi connectivity index (χ2v) is 4.14. The number of hydrogen-bond donors (Lipinski definition) is 2. The fourth-order valence-corrected chi connectivity index (χ4v) is 2.13. The van der Waals surface area contributed by atoms with Gasteiger partial charge in [-0.1, -0.05) is 0 Å². The highest BCUT2D eigenvalue weighted by Crippen LogP contribution is 2.30. The van der Waals surface area contributed by atoms with E-state index in [1.807, 2.05) is 0 Å². The van der Waals surface area contributed by atoms with Gasteiger partial charge in [-0.2, -0.15) is 0 Å². The normalized spacial score (nSPS) is 23.2. The predicted octanol–water partition coefficient (Wildman–Crippen LogP) is 1.71. The van der Waals surface area contributed by atoms with Crippen molar-refractivity contribution in [2.45, 2.75) is 31.4 Å². The Hall–Kier alpha value is -1.17. The number of nitro groups is 1. The van der Waals surface area contributed by atoms with Crippen LogP contribution >= 0.6 is 12.4 Å². The molecule has 0 saturated carbocycles. The van der Waals surface area contributed by atoms with E-state index in [-0.39, 0.29) is 24.1 Å². The van der Waals surface area contributed by atoms with E-state index in [4.69, 9.17) is 5.73 Å². The Kier molecular flexibility index (Phi) is 4.45. The highest BCUT2D eigenvalue weighted by molar-refractivity contribution is 5.85. The Bertz CT molecular complexity index is 425. The molecule has 1 aromatic carbocycles. The second-order valence-electron chi connectivity index (χ2n) is 4.14. The van der Waals surface area contributed by atoms with E-state index in [0.29, 0.717) is 0 Å². The highest BCUT2D eigenvalue weighted by atomic mass is 35.5. The van der Waals surface area contributed by atoms with Gasteiger partial charge in [0.25, 0.3) is 5.69 Å². The summed E-state index contributed by atoms with van der Waals surface area (Å²) in [4.78, 5) is 10.2. The molecule has 0 bridgehead atoms. The molecule has 0 heterocycles. The number of benzene rings is 1. The fraction of sp³-hybridized carbons (Fsp3) is 0.455. The van der Waals surface area contributed by atoms with Crippen molar-refractivity contribution in [3.8, 4) is 0 Å². The molecule has 0 fully saturated rings. The molecular formula is C11H15ClN2O3. The molecule has 0 radical (unpaired) electrons. The van der Waals surface area contributed by atoms with Crippen molar-refractivity contribution >= 4 is 18.1 Å². The lowest BCUT2D eigenvalue weighted by Crippen LogP contribution is -2.27. The molecule has 94 valence electrons. The van der Waals surface area contributed by atoms with Crippen molar-refractivity contribution in [1.29, 1.82) is 0 Å². The smallest absolute Gasteiger partial charge is 0.269 e. The summed E-state index contributed by atoms with van der Waals surface area (Å²) in [6.07, 6.45) is 1.62. The molecule has 0 spiro atoms. The average molecular weight is 259 g/mol. The van der Waals surface area contributed by atoms with Crippen molar-refractivity contribution in [3.05, 3.63) is 39.4 Å². The van der Waals surface area contributed by atoms with Gasteiger partial charge in [0.2, 0.25) is 0 Å². The quantitative estimate of drug-likeness (QED) is 0.456. The number of hydrogen-bond acceptors (Lipinski definition) is 4. The minimum Gasteiger partial charge on any atom is -0.387 e. The van der Waals surface area contributed by atoms with Crippen molar-refractivity contribution in [2.24, 2.45) is 5.73 Å². The third kappa shape index (κ3) is 2.74. The van der Waals surface area contributed by atoms with Crippen LogP contribution in [0.4, 0.5) is 5.69 Å².